The van der Waals surface area contributed by atoms with Crippen LogP contribution in [0.1, 0.15) is 58.6 Å². The van der Waals surface area contributed by atoms with Crippen molar-refractivity contribution in [3.8, 4) is 0 Å². The summed E-state index contributed by atoms with van der Waals surface area (Å²) in [5, 5.41) is 2.88. The highest BCUT2D eigenvalue weighted by molar-refractivity contribution is 6.44. The van der Waals surface area contributed by atoms with Gasteiger partial charge in [-0.05, 0) is 63.4 Å². The van der Waals surface area contributed by atoms with E-state index in [1.165, 1.54) is 19.3 Å². The third kappa shape index (κ3) is 3.79. The lowest BCUT2D eigenvalue weighted by molar-refractivity contribution is -0.110. The first-order chi connectivity index (χ1) is 15.5. The quantitative estimate of drug-likeness (QED) is 0.581. The minimum Gasteiger partial charge on any atom is -0.358 e. The van der Waals surface area contributed by atoms with Gasteiger partial charge in [0.25, 0.3) is 11.8 Å². The molecule has 5 rings (SSSR count). The number of H-pyrrole nitrogens is 1. The summed E-state index contributed by atoms with van der Waals surface area (Å²) in [4.78, 5) is 34.0. The summed E-state index contributed by atoms with van der Waals surface area (Å²) in [5.74, 6) is -0.0692. The van der Waals surface area contributed by atoms with Crippen LogP contribution in [0.25, 0.3) is 11.6 Å². The van der Waals surface area contributed by atoms with Crippen LogP contribution in [0.4, 0.5) is 5.69 Å². The van der Waals surface area contributed by atoms with Crippen molar-refractivity contribution >= 4 is 42.5 Å². The average molecular weight is 428 g/mol. The Labute approximate surface area is 190 Å². The van der Waals surface area contributed by atoms with E-state index in [1.807, 2.05) is 30.0 Å². The van der Waals surface area contributed by atoms with Crippen molar-refractivity contribution in [1.29, 1.82) is 0 Å². The first-order valence-corrected chi connectivity index (χ1v) is 11.7. The molecule has 0 aliphatic carbocycles. The number of benzene rings is 1. The second-order valence-corrected chi connectivity index (χ2v) is 9.10. The molecule has 1 aromatic carbocycles. The maximum atomic E-state index is 13.5. The minimum atomic E-state index is -0.170. The van der Waals surface area contributed by atoms with Crippen molar-refractivity contribution in [1.82, 2.24) is 14.8 Å². The number of hydrogen-bond acceptors (Lipinski definition) is 3. The van der Waals surface area contributed by atoms with Crippen molar-refractivity contribution in [2.75, 3.05) is 38.0 Å². The summed E-state index contributed by atoms with van der Waals surface area (Å²) in [6, 6.07) is 5.48. The zero-order valence-corrected chi connectivity index (χ0v) is 18.7. The van der Waals surface area contributed by atoms with E-state index in [0.29, 0.717) is 11.0 Å². The van der Waals surface area contributed by atoms with Crippen molar-refractivity contribution in [2.24, 2.45) is 0 Å². The molecule has 7 heteroatoms. The molecule has 2 aromatic rings. The Hall–Kier alpha value is -2.80. The number of piperidine rings is 1. The summed E-state index contributed by atoms with van der Waals surface area (Å²) < 4.78 is 0. The summed E-state index contributed by atoms with van der Waals surface area (Å²) in [5.41, 5.74) is 6.01. The van der Waals surface area contributed by atoms with Gasteiger partial charge in [-0.15, -0.1) is 0 Å². The molecule has 2 N–H and O–H groups in total. The lowest BCUT2D eigenvalue weighted by atomic mass is 9.87. The van der Waals surface area contributed by atoms with Gasteiger partial charge in [0.05, 0.1) is 11.1 Å². The fourth-order valence-corrected chi connectivity index (χ4v) is 5.23. The Morgan fingerprint density at radius 3 is 2.66 bits per heavy atom. The van der Waals surface area contributed by atoms with Crippen LogP contribution in [0.5, 0.6) is 0 Å². The van der Waals surface area contributed by atoms with Gasteiger partial charge in [-0.3, -0.25) is 9.59 Å². The number of carbonyl (C=O) groups is 2. The zero-order valence-electron chi connectivity index (χ0n) is 18.7. The van der Waals surface area contributed by atoms with Gasteiger partial charge in [0.2, 0.25) is 0 Å². The fraction of sp³-hybridized carbons (Fsp3) is 0.440. The number of hydrogen-bond donors (Lipinski definition) is 2. The molecule has 3 aliphatic heterocycles. The van der Waals surface area contributed by atoms with E-state index in [9.17, 15) is 9.59 Å². The molecule has 1 saturated heterocycles. The SMILES string of the molecule is [B]c1cccc2c1/C(=C/c1[nH]c3c(c1C)C(=O)N(CCN1CCCCC1)CCC3)C(=O)N2. The highest BCUT2D eigenvalue weighted by Crippen LogP contribution is 2.33. The molecule has 0 saturated carbocycles. The van der Waals surface area contributed by atoms with Crippen molar-refractivity contribution in [3.05, 3.63) is 46.3 Å². The predicted molar refractivity (Wildman–Crippen MR) is 128 cm³/mol. The summed E-state index contributed by atoms with van der Waals surface area (Å²) >= 11 is 0. The number of amides is 2. The number of fused-ring (bicyclic) bond motifs is 2. The zero-order chi connectivity index (χ0) is 22.2. The summed E-state index contributed by atoms with van der Waals surface area (Å²) in [6.45, 7) is 6.75. The molecule has 0 atom stereocenters. The van der Waals surface area contributed by atoms with Gasteiger partial charge in [-0.1, -0.05) is 24.0 Å². The number of anilines is 1. The monoisotopic (exact) mass is 428 g/mol. The highest BCUT2D eigenvalue weighted by atomic mass is 16.2. The predicted octanol–water partition coefficient (Wildman–Crippen LogP) is 2.48. The third-order valence-corrected chi connectivity index (χ3v) is 7.00. The van der Waals surface area contributed by atoms with Gasteiger partial charge >= 0.3 is 0 Å². The van der Waals surface area contributed by atoms with Crippen LogP contribution < -0.4 is 10.8 Å². The molecule has 0 unspecified atom stereocenters. The van der Waals surface area contributed by atoms with Crippen LogP contribution in [-0.4, -0.2) is 67.2 Å². The van der Waals surface area contributed by atoms with Crippen LogP contribution in [0.3, 0.4) is 0 Å². The first kappa shape index (κ1) is 21.1. The maximum Gasteiger partial charge on any atom is 0.256 e. The van der Waals surface area contributed by atoms with Gasteiger partial charge in [0, 0.05) is 42.3 Å². The van der Waals surface area contributed by atoms with E-state index < -0.39 is 0 Å². The first-order valence-electron chi connectivity index (χ1n) is 11.7. The van der Waals surface area contributed by atoms with Crippen LogP contribution in [0, 0.1) is 6.92 Å². The number of carbonyl (C=O) groups excluding carboxylic acids is 2. The molecule has 2 radical (unpaired) electrons. The lowest BCUT2D eigenvalue weighted by Crippen LogP contribution is -2.40. The van der Waals surface area contributed by atoms with Crippen molar-refractivity contribution in [3.63, 3.8) is 0 Å². The van der Waals surface area contributed by atoms with Crippen LogP contribution in [-0.2, 0) is 11.2 Å². The van der Waals surface area contributed by atoms with E-state index >= 15 is 0 Å². The number of aromatic amines is 1. The van der Waals surface area contributed by atoms with Crippen LogP contribution in [0.2, 0.25) is 0 Å². The van der Waals surface area contributed by atoms with Gasteiger partial charge in [-0.2, -0.15) is 0 Å². The Morgan fingerprint density at radius 2 is 1.84 bits per heavy atom. The minimum absolute atomic E-state index is 0.101. The molecule has 32 heavy (non-hydrogen) atoms. The Morgan fingerprint density at radius 1 is 1.03 bits per heavy atom. The molecule has 1 fully saturated rings. The maximum absolute atomic E-state index is 13.5. The van der Waals surface area contributed by atoms with Gasteiger partial charge in [0.15, 0.2) is 0 Å². The summed E-state index contributed by atoms with van der Waals surface area (Å²) in [6.07, 6.45) is 7.44. The topological polar surface area (TPSA) is 68.4 Å². The normalized spacial score (nSPS) is 20.3. The molecule has 4 heterocycles. The standard InChI is InChI=1S/C25H29BN4O2/c1-16-21(15-17-23-18(26)7-5-8-20(23)28-24(17)31)27-19-9-6-12-30(25(32)22(16)19)14-13-29-10-3-2-4-11-29/h5,7-8,15,27H,2-4,6,9-14H2,1H3,(H,28,31)/b17-15-. The fourth-order valence-electron chi connectivity index (χ4n) is 5.23. The molecule has 2 amide bonds. The Kier molecular flexibility index (Phi) is 5.68. The van der Waals surface area contributed by atoms with Gasteiger partial charge in [-0.25, -0.2) is 0 Å². The van der Waals surface area contributed by atoms with Gasteiger partial charge in [0.1, 0.15) is 7.85 Å². The number of nitrogens with one attached hydrogen (secondary N) is 2. The highest BCUT2D eigenvalue weighted by Gasteiger charge is 2.30. The molecule has 3 aliphatic rings. The number of aryl methyl sites for hydroxylation is 1. The van der Waals surface area contributed by atoms with E-state index in [4.69, 9.17) is 7.85 Å². The second-order valence-electron chi connectivity index (χ2n) is 9.10. The largest absolute Gasteiger partial charge is 0.358 e. The Bertz CT molecular complexity index is 1100. The molecule has 0 spiro atoms. The van der Waals surface area contributed by atoms with Gasteiger partial charge < -0.3 is 20.1 Å². The number of aromatic nitrogens is 1. The average Bonchev–Trinajstić information content (AvgIpc) is 3.22. The van der Waals surface area contributed by atoms with Crippen LogP contribution in [0.15, 0.2) is 18.2 Å². The molecule has 164 valence electrons. The van der Waals surface area contributed by atoms with E-state index in [2.05, 4.69) is 15.2 Å². The number of rotatable bonds is 4. The number of likely N-dealkylation sites (tertiary alicyclic amines) is 1. The van der Waals surface area contributed by atoms with E-state index in [1.54, 1.807) is 6.07 Å². The molecule has 0 bridgehead atoms. The van der Waals surface area contributed by atoms with Crippen molar-refractivity contribution < 1.29 is 9.59 Å². The van der Waals surface area contributed by atoms with Crippen molar-refractivity contribution in [2.45, 2.75) is 39.0 Å². The van der Waals surface area contributed by atoms with E-state index in [0.717, 1.165) is 79.3 Å². The third-order valence-electron chi connectivity index (χ3n) is 7.00. The molecular formula is C25H29BN4O2. The summed E-state index contributed by atoms with van der Waals surface area (Å²) in [7, 11) is 6.16. The lowest BCUT2D eigenvalue weighted by Gasteiger charge is -2.29. The molecule has 1 aromatic heterocycles. The smallest absolute Gasteiger partial charge is 0.256 e. The number of nitrogens with zero attached hydrogens (tertiary/aromatic N) is 2. The molecular weight excluding hydrogens is 399 g/mol. The Balaban J connectivity index is 1.42. The second kappa shape index (κ2) is 8.62. The van der Waals surface area contributed by atoms with Crippen LogP contribution >= 0.6 is 0 Å². The molecule has 6 nitrogen and oxygen atoms in total. The van der Waals surface area contributed by atoms with E-state index in [-0.39, 0.29) is 11.8 Å².